The van der Waals surface area contributed by atoms with Gasteiger partial charge in [0.25, 0.3) is 0 Å². The van der Waals surface area contributed by atoms with Crippen LogP contribution in [0.1, 0.15) is 18.1 Å². The van der Waals surface area contributed by atoms with Gasteiger partial charge in [0.05, 0.1) is 5.69 Å². The maximum absolute atomic E-state index is 9.89. The minimum absolute atomic E-state index is 0.315. The fourth-order valence-corrected chi connectivity index (χ4v) is 3.70. The number of hydrogen-bond donors (Lipinski definition) is 3. The third-order valence-corrected chi connectivity index (χ3v) is 5.44. The van der Waals surface area contributed by atoms with Gasteiger partial charge in [-0.15, -0.1) is 0 Å². The quantitative estimate of drug-likeness (QED) is 0.558. The van der Waals surface area contributed by atoms with Gasteiger partial charge in [-0.2, -0.15) is 0 Å². The lowest BCUT2D eigenvalue weighted by Crippen LogP contribution is -2.49. The van der Waals surface area contributed by atoms with Crippen LogP contribution in [0.2, 0.25) is 0 Å². The lowest BCUT2D eigenvalue weighted by atomic mass is 10.1. The Morgan fingerprint density at radius 1 is 1.23 bits per heavy atom. The highest BCUT2D eigenvalue weighted by Crippen LogP contribution is 2.20. The first-order valence-electron chi connectivity index (χ1n) is 10.4. The smallest absolute Gasteiger partial charge is 0.223 e. The third kappa shape index (κ3) is 5.11. The second-order valence-electron chi connectivity index (χ2n) is 7.68. The molecule has 1 aliphatic rings. The second kappa shape index (κ2) is 9.65. The van der Waals surface area contributed by atoms with Crippen molar-refractivity contribution in [1.82, 2.24) is 25.2 Å². The first-order chi connectivity index (χ1) is 14.7. The summed E-state index contributed by atoms with van der Waals surface area (Å²) in [6.45, 7) is 6.87. The average molecular weight is 405 g/mol. The molecule has 4 rings (SSSR count). The molecule has 1 aliphatic heterocycles. The van der Waals surface area contributed by atoms with Gasteiger partial charge in [-0.1, -0.05) is 18.2 Å². The standard InChI is InChI=1S/C23H28N6O/c1-17-13-24-10-11-29(17)16-18-12-20(15-25-14-18)21-7-9-27-23(28-21)26-8-6-19-4-2-3-5-22(19)30/h2-5,7,9,12,14-15,17,24,30H,6,8,10-11,13,16H2,1H3,(H,26,27,28)/t17-/m0/s1. The van der Waals surface area contributed by atoms with E-state index in [1.807, 2.05) is 36.7 Å². The fourth-order valence-electron chi connectivity index (χ4n) is 3.70. The van der Waals surface area contributed by atoms with E-state index in [0.717, 1.165) is 43.0 Å². The van der Waals surface area contributed by atoms with Crippen molar-refractivity contribution in [2.75, 3.05) is 31.5 Å². The minimum atomic E-state index is 0.315. The summed E-state index contributed by atoms with van der Waals surface area (Å²) in [6, 6.07) is 12.0. The zero-order valence-electron chi connectivity index (χ0n) is 17.3. The minimum Gasteiger partial charge on any atom is -0.508 e. The normalized spacial score (nSPS) is 17.0. The van der Waals surface area contributed by atoms with Crippen molar-refractivity contribution in [2.24, 2.45) is 0 Å². The molecule has 1 fully saturated rings. The van der Waals surface area contributed by atoms with Crippen LogP contribution in [0.4, 0.5) is 5.95 Å². The number of piperazine rings is 1. The molecular formula is C23H28N6O. The molecule has 0 spiro atoms. The van der Waals surface area contributed by atoms with Crippen LogP contribution in [0.3, 0.4) is 0 Å². The molecule has 0 aliphatic carbocycles. The number of rotatable bonds is 7. The molecule has 1 saturated heterocycles. The van der Waals surface area contributed by atoms with Crippen molar-refractivity contribution >= 4 is 5.95 Å². The van der Waals surface area contributed by atoms with Crippen LogP contribution in [-0.4, -0.2) is 57.2 Å². The molecule has 7 heteroatoms. The summed E-state index contributed by atoms with van der Waals surface area (Å²) in [5, 5.41) is 16.6. The van der Waals surface area contributed by atoms with E-state index in [2.05, 4.69) is 43.5 Å². The van der Waals surface area contributed by atoms with E-state index < -0.39 is 0 Å². The van der Waals surface area contributed by atoms with Crippen LogP contribution in [0.5, 0.6) is 5.75 Å². The van der Waals surface area contributed by atoms with E-state index in [4.69, 9.17) is 0 Å². The second-order valence-corrected chi connectivity index (χ2v) is 7.68. The molecule has 0 saturated carbocycles. The van der Waals surface area contributed by atoms with Crippen molar-refractivity contribution in [2.45, 2.75) is 25.9 Å². The summed E-state index contributed by atoms with van der Waals surface area (Å²) in [5.74, 6) is 0.889. The first-order valence-corrected chi connectivity index (χ1v) is 10.4. The molecule has 1 aromatic carbocycles. The van der Waals surface area contributed by atoms with Gasteiger partial charge in [-0.05, 0) is 42.7 Å². The summed E-state index contributed by atoms with van der Waals surface area (Å²) in [7, 11) is 0. The molecule has 3 N–H and O–H groups in total. The Hall–Kier alpha value is -3.03. The van der Waals surface area contributed by atoms with Gasteiger partial charge in [-0.3, -0.25) is 9.88 Å². The number of benzene rings is 1. The Bertz CT molecular complexity index is 979. The van der Waals surface area contributed by atoms with Crippen LogP contribution >= 0.6 is 0 Å². The summed E-state index contributed by atoms with van der Waals surface area (Å²) in [5.41, 5.74) is 3.92. The first kappa shape index (κ1) is 20.3. The number of anilines is 1. The van der Waals surface area contributed by atoms with Gasteiger partial charge in [0.1, 0.15) is 5.75 Å². The number of nitrogens with one attached hydrogen (secondary N) is 2. The number of para-hydroxylation sites is 1. The van der Waals surface area contributed by atoms with E-state index in [1.165, 1.54) is 5.56 Å². The van der Waals surface area contributed by atoms with Gasteiger partial charge in [0.2, 0.25) is 5.95 Å². The Balaban J connectivity index is 1.41. The summed E-state index contributed by atoms with van der Waals surface area (Å²) in [6.07, 6.45) is 6.24. The zero-order valence-corrected chi connectivity index (χ0v) is 17.3. The maximum atomic E-state index is 9.89. The van der Waals surface area contributed by atoms with Crippen molar-refractivity contribution in [3.05, 3.63) is 66.1 Å². The molecule has 0 bridgehead atoms. The molecular weight excluding hydrogens is 376 g/mol. The lowest BCUT2D eigenvalue weighted by Gasteiger charge is -2.33. The lowest BCUT2D eigenvalue weighted by molar-refractivity contribution is 0.165. The number of aromatic hydroxyl groups is 1. The molecule has 0 unspecified atom stereocenters. The molecule has 2 aromatic heterocycles. The van der Waals surface area contributed by atoms with E-state index in [0.29, 0.717) is 30.7 Å². The number of hydrogen-bond acceptors (Lipinski definition) is 7. The van der Waals surface area contributed by atoms with Crippen LogP contribution in [-0.2, 0) is 13.0 Å². The predicted molar refractivity (Wildman–Crippen MR) is 118 cm³/mol. The molecule has 1 atom stereocenters. The Kier molecular flexibility index (Phi) is 6.51. The van der Waals surface area contributed by atoms with Crippen molar-refractivity contribution < 1.29 is 5.11 Å². The van der Waals surface area contributed by atoms with E-state index in [9.17, 15) is 5.11 Å². The van der Waals surface area contributed by atoms with E-state index >= 15 is 0 Å². The van der Waals surface area contributed by atoms with Crippen LogP contribution in [0.25, 0.3) is 11.3 Å². The zero-order chi connectivity index (χ0) is 20.8. The van der Waals surface area contributed by atoms with Gasteiger partial charge in [0, 0.05) is 62.9 Å². The van der Waals surface area contributed by atoms with Crippen LogP contribution in [0, 0.1) is 0 Å². The highest BCUT2D eigenvalue weighted by Gasteiger charge is 2.18. The highest BCUT2D eigenvalue weighted by atomic mass is 16.3. The number of pyridine rings is 1. The van der Waals surface area contributed by atoms with Crippen molar-refractivity contribution in [3.63, 3.8) is 0 Å². The Morgan fingerprint density at radius 2 is 2.13 bits per heavy atom. The SMILES string of the molecule is C[C@H]1CNCCN1Cc1cncc(-c2ccnc(NCCc3ccccc3O)n2)c1. The average Bonchev–Trinajstić information content (AvgIpc) is 2.77. The van der Waals surface area contributed by atoms with Gasteiger partial charge in [-0.25, -0.2) is 9.97 Å². The van der Waals surface area contributed by atoms with Gasteiger partial charge >= 0.3 is 0 Å². The van der Waals surface area contributed by atoms with Gasteiger partial charge in [0.15, 0.2) is 0 Å². The van der Waals surface area contributed by atoms with Crippen LogP contribution < -0.4 is 10.6 Å². The van der Waals surface area contributed by atoms with Gasteiger partial charge < -0.3 is 15.7 Å². The summed E-state index contributed by atoms with van der Waals surface area (Å²) < 4.78 is 0. The topological polar surface area (TPSA) is 86.2 Å². The highest BCUT2D eigenvalue weighted by molar-refractivity contribution is 5.59. The molecule has 156 valence electrons. The molecule has 0 radical (unpaired) electrons. The predicted octanol–water partition coefficient (Wildman–Crippen LogP) is 2.69. The maximum Gasteiger partial charge on any atom is 0.223 e. The third-order valence-electron chi connectivity index (χ3n) is 5.44. The van der Waals surface area contributed by atoms with Crippen LogP contribution in [0.15, 0.2) is 55.0 Å². The largest absolute Gasteiger partial charge is 0.508 e. The number of nitrogens with zero attached hydrogens (tertiary/aromatic N) is 4. The molecule has 7 nitrogen and oxygen atoms in total. The molecule has 30 heavy (non-hydrogen) atoms. The number of aromatic nitrogens is 3. The monoisotopic (exact) mass is 404 g/mol. The Labute approximate surface area is 177 Å². The fraction of sp³-hybridized carbons (Fsp3) is 0.348. The molecule has 0 amide bonds. The molecule has 3 aromatic rings. The number of phenolic OH excluding ortho intramolecular Hbond substituents is 1. The van der Waals surface area contributed by atoms with E-state index in [-0.39, 0.29) is 0 Å². The number of phenols is 1. The molecule has 3 heterocycles. The van der Waals surface area contributed by atoms with Crippen molar-refractivity contribution in [1.29, 1.82) is 0 Å². The van der Waals surface area contributed by atoms with E-state index in [1.54, 1.807) is 12.3 Å². The Morgan fingerprint density at radius 3 is 3.00 bits per heavy atom. The summed E-state index contributed by atoms with van der Waals surface area (Å²) in [4.78, 5) is 15.9. The van der Waals surface area contributed by atoms with Crippen molar-refractivity contribution in [3.8, 4) is 17.0 Å². The summed E-state index contributed by atoms with van der Waals surface area (Å²) >= 11 is 0.